The fourth-order valence-electron chi connectivity index (χ4n) is 4.87. The Morgan fingerprint density at radius 1 is 1.19 bits per heavy atom. The first-order valence-corrected chi connectivity index (χ1v) is 11.1. The van der Waals surface area contributed by atoms with Gasteiger partial charge in [0.1, 0.15) is 5.69 Å². The van der Waals surface area contributed by atoms with Crippen LogP contribution in [0.1, 0.15) is 24.1 Å². The van der Waals surface area contributed by atoms with Gasteiger partial charge in [0.15, 0.2) is 0 Å². The third-order valence-corrected chi connectivity index (χ3v) is 6.67. The second-order valence-electron chi connectivity index (χ2n) is 8.79. The summed E-state index contributed by atoms with van der Waals surface area (Å²) in [5.74, 6) is 5.98. The molecule has 0 unspecified atom stereocenters. The van der Waals surface area contributed by atoms with E-state index in [1.807, 2.05) is 47.3 Å². The summed E-state index contributed by atoms with van der Waals surface area (Å²) >= 11 is 0. The molecule has 1 fully saturated rings. The molecule has 9 heteroatoms. The Hall–Kier alpha value is -3.14. The van der Waals surface area contributed by atoms with Gasteiger partial charge in [-0.3, -0.25) is 10.7 Å². The lowest BCUT2D eigenvalue weighted by Crippen LogP contribution is -2.55. The standard InChI is InChI=1S/C23H30N8O/c1-29-13-16-12-27-20-5-4-19(14-2-3-18(25)15(10-14)11-24)28-21(20)22(16)31(23(29)32)17-6-8-30(26)9-7-17/h2-5,10,17,27H,6-9,11-13,24-26H2,1H3. The highest BCUT2D eigenvalue weighted by atomic mass is 16.2. The van der Waals surface area contributed by atoms with E-state index in [0.29, 0.717) is 25.3 Å². The number of nitrogens with one attached hydrogen (secondary N) is 1. The van der Waals surface area contributed by atoms with E-state index in [0.717, 1.165) is 59.8 Å². The van der Waals surface area contributed by atoms with Crippen molar-refractivity contribution in [1.29, 1.82) is 0 Å². The van der Waals surface area contributed by atoms with Crippen LogP contribution in [0.3, 0.4) is 0 Å². The van der Waals surface area contributed by atoms with E-state index in [9.17, 15) is 4.79 Å². The Balaban J connectivity index is 1.59. The van der Waals surface area contributed by atoms with Crippen molar-refractivity contribution >= 4 is 23.1 Å². The highest BCUT2D eigenvalue weighted by molar-refractivity contribution is 5.93. The Bertz CT molecular complexity index is 1090. The highest BCUT2D eigenvalue weighted by Gasteiger charge is 2.40. The van der Waals surface area contributed by atoms with Gasteiger partial charge in [-0.05, 0) is 48.2 Å². The van der Waals surface area contributed by atoms with Crippen LogP contribution in [-0.4, -0.2) is 65.1 Å². The number of carbonyl (C=O) groups excluding carboxylic acids is 1. The summed E-state index contributed by atoms with van der Waals surface area (Å²) in [5, 5.41) is 5.31. The molecular formula is C23H30N8O. The van der Waals surface area contributed by atoms with E-state index in [1.54, 1.807) is 4.90 Å². The van der Waals surface area contributed by atoms with Crippen LogP contribution in [0.25, 0.3) is 17.0 Å². The van der Waals surface area contributed by atoms with Crippen molar-refractivity contribution in [2.75, 3.05) is 44.3 Å². The molecule has 1 aromatic heterocycles. The number of pyridine rings is 1. The van der Waals surface area contributed by atoms with E-state index in [1.165, 1.54) is 5.57 Å². The number of nitrogens with zero attached hydrogens (tertiary/aromatic N) is 4. The number of amides is 2. The van der Waals surface area contributed by atoms with E-state index in [-0.39, 0.29) is 12.1 Å². The summed E-state index contributed by atoms with van der Waals surface area (Å²) in [4.78, 5) is 22.1. The first-order chi connectivity index (χ1) is 15.5. The molecule has 0 saturated carbocycles. The van der Waals surface area contributed by atoms with Crippen LogP contribution in [0.2, 0.25) is 0 Å². The minimum atomic E-state index is 0.0252. The molecule has 2 aromatic rings. The molecule has 0 atom stereocenters. The maximum Gasteiger partial charge on any atom is 0.324 e. The number of anilines is 2. The van der Waals surface area contributed by atoms with Crippen LogP contribution in [0.5, 0.6) is 0 Å². The number of benzene rings is 1. The Labute approximate surface area is 187 Å². The fraction of sp³-hybridized carbons (Fsp3) is 0.391. The third-order valence-electron chi connectivity index (χ3n) is 6.67. The molecule has 9 nitrogen and oxygen atoms in total. The lowest BCUT2D eigenvalue weighted by molar-refractivity contribution is 0.128. The predicted octanol–water partition coefficient (Wildman–Crippen LogP) is 1.63. The van der Waals surface area contributed by atoms with E-state index in [4.69, 9.17) is 22.3 Å². The molecule has 168 valence electrons. The van der Waals surface area contributed by atoms with Crippen molar-refractivity contribution in [3.05, 3.63) is 47.2 Å². The molecule has 2 amide bonds. The van der Waals surface area contributed by atoms with Crippen molar-refractivity contribution in [2.24, 2.45) is 11.6 Å². The lowest BCUT2D eigenvalue weighted by atomic mass is 9.96. The average molecular weight is 435 g/mol. The zero-order valence-electron chi connectivity index (χ0n) is 18.3. The quantitative estimate of drug-likeness (QED) is 0.427. The summed E-state index contributed by atoms with van der Waals surface area (Å²) in [6, 6.07) is 9.99. The van der Waals surface area contributed by atoms with Crippen LogP contribution >= 0.6 is 0 Å². The normalized spacial score (nSPS) is 19.7. The van der Waals surface area contributed by atoms with Gasteiger partial charge in [-0.25, -0.2) is 14.8 Å². The molecule has 7 N–H and O–H groups in total. The summed E-state index contributed by atoms with van der Waals surface area (Å²) < 4.78 is 0. The van der Waals surface area contributed by atoms with Gasteiger partial charge in [0.25, 0.3) is 0 Å². The number of hydrogen-bond donors (Lipinski definition) is 4. The minimum Gasteiger partial charge on any atom is -0.398 e. The number of hydrazine groups is 1. The largest absolute Gasteiger partial charge is 0.398 e. The van der Waals surface area contributed by atoms with Gasteiger partial charge in [-0.15, -0.1) is 0 Å². The van der Waals surface area contributed by atoms with Gasteiger partial charge >= 0.3 is 6.03 Å². The molecule has 1 aromatic carbocycles. The summed E-state index contributed by atoms with van der Waals surface area (Å²) in [6.07, 6.45) is 1.68. The van der Waals surface area contributed by atoms with E-state index >= 15 is 0 Å². The van der Waals surface area contributed by atoms with Gasteiger partial charge in [0.2, 0.25) is 0 Å². The summed E-state index contributed by atoms with van der Waals surface area (Å²) in [5.41, 5.74) is 19.2. The van der Waals surface area contributed by atoms with Gasteiger partial charge in [-0.1, -0.05) is 6.07 Å². The molecule has 1 saturated heterocycles. The first kappa shape index (κ1) is 20.7. The number of hydrogen-bond acceptors (Lipinski definition) is 7. The number of piperidine rings is 1. The number of likely N-dealkylation sites (N-methyl/N-ethyl adjacent to an activating group) is 1. The van der Waals surface area contributed by atoms with Crippen molar-refractivity contribution in [3.8, 4) is 11.3 Å². The smallest absolute Gasteiger partial charge is 0.324 e. The number of nitrogens with two attached hydrogens (primary N) is 3. The molecule has 3 aliphatic rings. The molecule has 0 aliphatic carbocycles. The first-order valence-electron chi connectivity index (χ1n) is 11.1. The highest BCUT2D eigenvalue weighted by Crippen LogP contribution is 2.39. The molecular weight excluding hydrogens is 404 g/mol. The lowest BCUT2D eigenvalue weighted by Gasteiger charge is -2.45. The number of rotatable bonds is 3. The number of urea groups is 1. The maximum absolute atomic E-state index is 13.3. The van der Waals surface area contributed by atoms with Gasteiger partial charge in [0, 0.05) is 57.1 Å². The average Bonchev–Trinajstić information content (AvgIpc) is 2.80. The summed E-state index contributed by atoms with van der Waals surface area (Å²) in [6.45, 7) is 3.21. The van der Waals surface area contributed by atoms with Crippen LogP contribution in [0.15, 0.2) is 35.9 Å². The van der Waals surface area contributed by atoms with E-state index in [2.05, 4.69) is 5.32 Å². The van der Waals surface area contributed by atoms with Crippen LogP contribution in [-0.2, 0) is 6.54 Å². The number of nitrogen functional groups attached to an aromatic ring is 1. The maximum atomic E-state index is 13.3. The molecule has 32 heavy (non-hydrogen) atoms. The molecule has 4 heterocycles. The molecule has 3 aliphatic heterocycles. The zero-order chi connectivity index (χ0) is 22.4. The van der Waals surface area contributed by atoms with Crippen molar-refractivity contribution in [3.63, 3.8) is 0 Å². The van der Waals surface area contributed by atoms with Crippen LogP contribution in [0.4, 0.5) is 16.2 Å². The zero-order valence-corrected chi connectivity index (χ0v) is 18.3. The van der Waals surface area contributed by atoms with Gasteiger partial charge in [0.05, 0.1) is 17.1 Å². The van der Waals surface area contributed by atoms with Crippen molar-refractivity contribution in [1.82, 2.24) is 19.8 Å². The Kier molecular flexibility index (Phi) is 5.24. The number of aromatic nitrogens is 1. The molecule has 5 rings (SSSR count). The Morgan fingerprint density at radius 3 is 2.72 bits per heavy atom. The second-order valence-corrected chi connectivity index (χ2v) is 8.79. The van der Waals surface area contributed by atoms with Crippen molar-refractivity contribution < 1.29 is 4.79 Å². The van der Waals surface area contributed by atoms with Gasteiger partial charge in [-0.2, -0.15) is 0 Å². The monoisotopic (exact) mass is 434 g/mol. The fourth-order valence-corrected chi connectivity index (χ4v) is 4.87. The number of fused-ring (bicyclic) bond motifs is 2. The third kappa shape index (κ3) is 3.48. The molecule has 0 radical (unpaired) electrons. The number of carbonyl (C=O) groups is 1. The molecule has 0 spiro atoms. The Morgan fingerprint density at radius 2 is 1.97 bits per heavy atom. The van der Waals surface area contributed by atoms with Crippen molar-refractivity contribution in [2.45, 2.75) is 25.4 Å². The van der Waals surface area contributed by atoms with E-state index < -0.39 is 0 Å². The predicted molar refractivity (Wildman–Crippen MR) is 126 cm³/mol. The van der Waals surface area contributed by atoms with Crippen LogP contribution < -0.4 is 22.6 Å². The topological polar surface area (TPSA) is 130 Å². The minimum absolute atomic E-state index is 0.0252. The van der Waals surface area contributed by atoms with Crippen LogP contribution in [0, 0.1) is 0 Å². The SMILES string of the molecule is CN1CC2=C(c3nc(-c4ccc(N)c(CN)c4)ccc3NC2)N(C2CCN(N)CC2)C1=O. The molecule has 0 bridgehead atoms. The van der Waals surface area contributed by atoms with Gasteiger partial charge < -0.3 is 21.7 Å². The summed E-state index contributed by atoms with van der Waals surface area (Å²) in [7, 11) is 1.86. The second kappa shape index (κ2) is 8.09.